The quantitative estimate of drug-likeness (QED) is 0.367. The summed E-state index contributed by atoms with van der Waals surface area (Å²) in [6.07, 6.45) is -6.04. The van der Waals surface area contributed by atoms with E-state index in [0.717, 1.165) is 0 Å². The monoisotopic (exact) mass is 348 g/mol. The van der Waals surface area contributed by atoms with Crippen molar-refractivity contribution in [1.29, 1.82) is 0 Å². The Morgan fingerprint density at radius 2 is 1.91 bits per heavy atom. The van der Waals surface area contributed by atoms with Gasteiger partial charge in [-0.2, -0.15) is 0 Å². The van der Waals surface area contributed by atoms with Crippen molar-refractivity contribution in [3.05, 3.63) is 29.3 Å². The van der Waals surface area contributed by atoms with Gasteiger partial charge in [-0.1, -0.05) is 23.7 Å². The molecule has 5 atom stereocenters. The molecule has 1 saturated heterocycles. The number of thiocarbonyl (C=S) groups is 1. The average molecular weight is 349 g/mol. The maximum absolute atomic E-state index is 10.4. The second-order valence-corrected chi connectivity index (χ2v) is 5.74. The number of aliphatic hydroxyl groups excluding tert-OH is 5. The zero-order valence-corrected chi connectivity index (χ0v) is 12.9. The van der Waals surface area contributed by atoms with Crippen LogP contribution in [-0.4, -0.2) is 67.8 Å². The lowest BCUT2D eigenvalue weighted by Gasteiger charge is -2.29. The molecular formula is C13H17ClN2O5S. The highest BCUT2D eigenvalue weighted by Gasteiger charge is 2.44. The molecule has 0 saturated carbocycles. The van der Waals surface area contributed by atoms with Crippen molar-refractivity contribution < 1.29 is 25.5 Å². The molecule has 0 bridgehead atoms. The third kappa shape index (κ3) is 3.18. The number of rotatable bonds is 5. The number of hydrogen-bond acceptors (Lipinski definition) is 6. The molecule has 1 aliphatic rings. The molecule has 0 radical (unpaired) electrons. The van der Waals surface area contributed by atoms with Gasteiger partial charge >= 0.3 is 0 Å². The number of nitrogens with zero attached hydrogens (tertiary/aromatic N) is 1. The number of aliphatic hydroxyl groups is 5. The van der Waals surface area contributed by atoms with Gasteiger partial charge < -0.3 is 30.8 Å². The van der Waals surface area contributed by atoms with Crippen LogP contribution in [0.4, 0.5) is 5.69 Å². The number of benzene rings is 1. The Kier molecular flexibility index (Phi) is 5.56. The smallest absolute Gasteiger partial charge is 0.176 e. The van der Waals surface area contributed by atoms with Gasteiger partial charge in [0.2, 0.25) is 0 Å². The SMILES string of the molecule is OC[C@@H](O)[C@@H](O)[C@H](O)C1NC(=S)N(c2ccccc2Cl)[C@@H]1O. The molecule has 1 heterocycles. The van der Waals surface area contributed by atoms with Crippen LogP contribution < -0.4 is 10.2 Å². The van der Waals surface area contributed by atoms with Gasteiger partial charge in [0, 0.05) is 0 Å². The highest BCUT2D eigenvalue weighted by Crippen LogP contribution is 2.30. The summed E-state index contributed by atoms with van der Waals surface area (Å²) < 4.78 is 0. The molecule has 122 valence electrons. The minimum absolute atomic E-state index is 0.121. The van der Waals surface area contributed by atoms with Crippen LogP contribution in [0.5, 0.6) is 0 Å². The molecule has 2 rings (SSSR count). The number of nitrogens with one attached hydrogen (secondary N) is 1. The summed E-state index contributed by atoms with van der Waals surface area (Å²) in [5, 5.41) is 51.6. The molecule has 1 aliphatic heterocycles. The minimum atomic E-state index is -1.65. The number of para-hydroxylation sites is 1. The van der Waals surface area contributed by atoms with Crippen LogP contribution in [0.25, 0.3) is 0 Å². The van der Waals surface area contributed by atoms with Crippen molar-refractivity contribution in [2.75, 3.05) is 11.5 Å². The highest BCUT2D eigenvalue weighted by molar-refractivity contribution is 7.80. The van der Waals surface area contributed by atoms with E-state index in [9.17, 15) is 20.4 Å². The Hall–Kier alpha value is -1.00. The fraction of sp³-hybridized carbons (Fsp3) is 0.462. The van der Waals surface area contributed by atoms with E-state index in [1.165, 1.54) is 4.90 Å². The van der Waals surface area contributed by atoms with Crippen molar-refractivity contribution in [2.24, 2.45) is 0 Å². The molecule has 1 unspecified atom stereocenters. The van der Waals surface area contributed by atoms with Gasteiger partial charge in [-0.3, -0.25) is 4.90 Å². The molecule has 6 N–H and O–H groups in total. The summed E-state index contributed by atoms with van der Waals surface area (Å²) in [7, 11) is 0. The first-order chi connectivity index (χ1) is 10.4. The summed E-state index contributed by atoms with van der Waals surface area (Å²) in [4.78, 5) is 1.31. The van der Waals surface area contributed by atoms with Crippen molar-refractivity contribution in [1.82, 2.24) is 5.32 Å². The lowest BCUT2D eigenvalue weighted by molar-refractivity contribution is -0.0946. The van der Waals surface area contributed by atoms with Crippen molar-refractivity contribution in [3.63, 3.8) is 0 Å². The molecular weight excluding hydrogens is 332 g/mol. The molecule has 0 aromatic heterocycles. The maximum Gasteiger partial charge on any atom is 0.176 e. The van der Waals surface area contributed by atoms with Crippen molar-refractivity contribution in [2.45, 2.75) is 30.6 Å². The first-order valence-corrected chi connectivity index (χ1v) is 7.34. The van der Waals surface area contributed by atoms with Crippen LogP contribution in [0.2, 0.25) is 5.02 Å². The Labute approximate surface area is 137 Å². The molecule has 1 aromatic rings. The van der Waals surface area contributed by atoms with E-state index in [-0.39, 0.29) is 5.11 Å². The van der Waals surface area contributed by atoms with Crippen molar-refractivity contribution >= 4 is 34.6 Å². The van der Waals surface area contributed by atoms with Gasteiger partial charge in [-0.05, 0) is 24.4 Å². The lowest BCUT2D eigenvalue weighted by Crippen LogP contribution is -2.53. The molecule has 9 heteroatoms. The van der Waals surface area contributed by atoms with Gasteiger partial charge in [0.15, 0.2) is 11.3 Å². The molecule has 1 fully saturated rings. The first kappa shape index (κ1) is 17.4. The zero-order valence-electron chi connectivity index (χ0n) is 11.4. The van der Waals surface area contributed by atoms with E-state index in [4.69, 9.17) is 28.9 Å². The van der Waals surface area contributed by atoms with Crippen LogP contribution in [0.1, 0.15) is 0 Å². The topological polar surface area (TPSA) is 116 Å². The molecule has 1 aromatic carbocycles. The largest absolute Gasteiger partial charge is 0.394 e. The molecule has 7 nitrogen and oxygen atoms in total. The fourth-order valence-corrected chi connectivity index (χ4v) is 2.85. The van der Waals surface area contributed by atoms with Gasteiger partial charge in [0.05, 0.1) is 17.3 Å². The lowest BCUT2D eigenvalue weighted by atomic mass is 10.0. The van der Waals surface area contributed by atoms with E-state index in [1.807, 2.05) is 0 Å². The fourth-order valence-electron chi connectivity index (χ4n) is 2.28. The molecule has 0 amide bonds. The summed E-state index contributed by atoms with van der Waals surface area (Å²) in [6, 6.07) is 5.65. The maximum atomic E-state index is 10.4. The normalized spacial score (nSPS) is 25.7. The Bertz CT molecular complexity index is 549. The predicted molar refractivity (Wildman–Crippen MR) is 84.6 cm³/mol. The summed E-state index contributed by atoms with van der Waals surface area (Å²) >= 11 is 11.2. The van der Waals surface area contributed by atoms with Crippen LogP contribution in [-0.2, 0) is 0 Å². The Morgan fingerprint density at radius 1 is 1.27 bits per heavy atom. The van der Waals surface area contributed by atoms with E-state index in [2.05, 4.69) is 5.32 Å². The van der Waals surface area contributed by atoms with E-state index in [1.54, 1.807) is 24.3 Å². The predicted octanol–water partition coefficient (Wildman–Crippen LogP) is -1.20. The second-order valence-electron chi connectivity index (χ2n) is 4.94. The molecule has 0 spiro atoms. The van der Waals surface area contributed by atoms with Gasteiger partial charge in [0.25, 0.3) is 0 Å². The van der Waals surface area contributed by atoms with Gasteiger partial charge in [0.1, 0.15) is 24.4 Å². The molecule has 0 aliphatic carbocycles. The summed E-state index contributed by atoms with van der Waals surface area (Å²) in [6.45, 7) is -0.723. The second kappa shape index (κ2) is 7.05. The zero-order chi connectivity index (χ0) is 16.4. The standard InChI is InChI=1S/C13H17ClN2O5S/c14-6-3-1-2-4-7(6)16-12(21)9(15-13(16)22)11(20)10(19)8(18)5-17/h1-4,8-12,17-21H,5H2,(H,15,22)/t8-,9?,10-,11-,12-/m1/s1. The van der Waals surface area contributed by atoms with E-state index in [0.29, 0.717) is 10.7 Å². The third-order valence-electron chi connectivity index (χ3n) is 3.51. The molecule has 22 heavy (non-hydrogen) atoms. The van der Waals surface area contributed by atoms with Crippen LogP contribution in [0.3, 0.4) is 0 Å². The number of anilines is 1. The van der Waals surface area contributed by atoms with Crippen LogP contribution in [0, 0.1) is 0 Å². The third-order valence-corrected chi connectivity index (χ3v) is 4.14. The van der Waals surface area contributed by atoms with E-state index < -0.39 is 37.2 Å². The van der Waals surface area contributed by atoms with Crippen LogP contribution in [0.15, 0.2) is 24.3 Å². The Balaban J connectivity index is 2.22. The minimum Gasteiger partial charge on any atom is -0.394 e. The van der Waals surface area contributed by atoms with E-state index >= 15 is 0 Å². The summed E-state index contributed by atoms with van der Waals surface area (Å²) in [5.41, 5.74) is 0.445. The van der Waals surface area contributed by atoms with Gasteiger partial charge in [-0.15, -0.1) is 0 Å². The first-order valence-electron chi connectivity index (χ1n) is 6.56. The highest BCUT2D eigenvalue weighted by atomic mass is 35.5. The van der Waals surface area contributed by atoms with Crippen molar-refractivity contribution in [3.8, 4) is 0 Å². The van der Waals surface area contributed by atoms with Crippen LogP contribution >= 0.6 is 23.8 Å². The summed E-state index contributed by atoms with van der Waals surface area (Å²) in [5.74, 6) is 0. The van der Waals surface area contributed by atoms with Gasteiger partial charge in [-0.25, -0.2) is 0 Å². The Morgan fingerprint density at radius 3 is 2.50 bits per heavy atom. The number of hydrogen-bond donors (Lipinski definition) is 6. The average Bonchev–Trinajstić information content (AvgIpc) is 2.80. The number of halogens is 1.